The molecule has 0 aliphatic carbocycles. The summed E-state index contributed by atoms with van der Waals surface area (Å²) in [4.78, 5) is 31.0. The van der Waals surface area contributed by atoms with E-state index in [0.29, 0.717) is 27.9 Å². The van der Waals surface area contributed by atoms with E-state index >= 15 is 0 Å². The molecule has 3 aromatic rings. The minimum Gasteiger partial charge on any atom is -0.496 e. The van der Waals surface area contributed by atoms with Gasteiger partial charge in [-0.1, -0.05) is 41.4 Å². The molecule has 0 aliphatic heterocycles. The summed E-state index contributed by atoms with van der Waals surface area (Å²) in [5.41, 5.74) is 0.860. The third-order valence-electron chi connectivity index (χ3n) is 4.18. The monoisotopic (exact) mass is 405 g/mol. The number of rotatable bonds is 5. The van der Waals surface area contributed by atoms with Crippen LogP contribution in [-0.2, 0) is 17.9 Å². The van der Waals surface area contributed by atoms with Crippen LogP contribution in [0.25, 0.3) is 10.9 Å². The van der Waals surface area contributed by atoms with Crippen molar-refractivity contribution < 1.29 is 9.53 Å². The van der Waals surface area contributed by atoms with Crippen molar-refractivity contribution in [1.82, 2.24) is 14.5 Å². The van der Waals surface area contributed by atoms with Crippen LogP contribution in [0.3, 0.4) is 0 Å². The first-order valence-electron chi connectivity index (χ1n) is 8.10. The first kappa shape index (κ1) is 19.2. The number of halogens is 2. The molecule has 3 rings (SSSR count). The van der Waals surface area contributed by atoms with E-state index < -0.39 is 0 Å². The van der Waals surface area contributed by atoms with Crippen molar-refractivity contribution in [2.45, 2.75) is 13.1 Å². The van der Waals surface area contributed by atoms with Crippen LogP contribution in [0.4, 0.5) is 0 Å². The number of para-hydroxylation sites is 1. The maximum atomic E-state index is 12.7. The highest BCUT2D eigenvalue weighted by molar-refractivity contribution is 6.38. The number of aromatic nitrogens is 2. The van der Waals surface area contributed by atoms with E-state index in [0.717, 1.165) is 5.56 Å². The predicted octanol–water partition coefficient (Wildman–Crippen LogP) is 3.37. The van der Waals surface area contributed by atoms with Crippen LogP contribution in [0.1, 0.15) is 5.56 Å². The smallest absolute Gasteiger partial charge is 0.261 e. The van der Waals surface area contributed by atoms with Crippen molar-refractivity contribution in [2.24, 2.45) is 0 Å². The molecule has 1 heterocycles. The fourth-order valence-corrected chi connectivity index (χ4v) is 3.29. The van der Waals surface area contributed by atoms with Crippen LogP contribution in [0.15, 0.2) is 47.5 Å². The number of fused-ring (bicyclic) bond motifs is 1. The molecule has 0 aliphatic rings. The maximum Gasteiger partial charge on any atom is 0.261 e. The number of amides is 1. The molecule has 27 heavy (non-hydrogen) atoms. The van der Waals surface area contributed by atoms with Crippen LogP contribution >= 0.6 is 23.2 Å². The Kier molecular flexibility index (Phi) is 5.68. The van der Waals surface area contributed by atoms with Crippen molar-refractivity contribution in [3.05, 3.63) is 68.7 Å². The first-order valence-corrected chi connectivity index (χ1v) is 8.86. The van der Waals surface area contributed by atoms with E-state index in [1.54, 1.807) is 14.2 Å². The van der Waals surface area contributed by atoms with Gasteiger partial charge in [0.05, 0.1) is 29.4 Å². The van der Waals surface area contributed by atoms with Crippen molar-refractivity contribution in [1.29, 1.82) is 0 Å². The summed E-state index contributed by atoms with van der Waals surface area (Å²) in [6.07, 6.45) is 1.32. The van der Waals surface area contributed by atoms with E-state index in [4.69, 9.17) is 27.9 Å². The third kappa shape index (κ3) is 4.07. The number of benzene rings is 2. The van der Waals surface area contributed by atoms with Crippen LogP contribution < -0.4 is 10.3 Å². The highest BCUT2D eigenvalue weighted by Crippen LogP contribution is 2.24. The number of carbonyl (C=O) groups excluding carboxylic acids is 1. The zero-order valence-corrected chi connectivity index (χ0v) is 16.3. The molecule has 0 unspecified atom stereocenters. The Bertz CT molecular complexity index is 1070. The lowest BCUT2D eigenvalue weighted by Crippen LogP contribution is -2.33. The number of methoxy groups -OCH3 is 1. The van der Waals surface area contributed by atoms with Gasteiger partial charge >= 0.3 is 0 Å². The molecular formula is C19H17Cl2N3O3. The molecule has 0 bridgehead atoms. The Morgan fingerprint density at radius 1 is 1.26 bits per heavy atom. The molecule has 0 radical (unpaired) electrons. The lowest BCUT2D eigenvalue weighted by molar-refractivity contribution is -0.131. The largest absolute Gasteiger partial charge is 0.496 e. The van der Waals surface area contributed by atoms with Gasteiger partial charge in [0.1, 0.15) is 12.3 Å². The Morgan fingerprint density at radius 3 is 2.74 bits per heavy atom. The SMILES string of the molecule is COc1ccccc1CN(C)C(=O)Cn1cnc2c(Cl)cc(Cl)cc2c1=O. The minimum absolute atomic E-state index is 0.141. The molecule has 1 amide bonds. The minimum atomic E-state index is -0.372. The molecule has 0 N–H and O–H groups in total. The number of carbonyl (C=O) groups is 1. The van der Waals surface area contributed by atoms with E-state index in [1.165, 1.54) is 27.9 Å². The number of nitrogens with zero attached hydrogens (tertiary/aromatic N) is 3. The van der Waals surface area contributed by atoms with Gasteiger partial charge in [0, 0.05) is 24.2 Å². The number of hydrogen-bond donors (Lipinski definition) is 0. The molecule has 0 atom stereocenters. The average Bonchev–Trinajstić information content (AvgIpc) is 2.64. The van der Waals surface area contributed by atoms with Gasteiger partial charge in [0.15, 0.2) is 0 Å². The fourth-order valence-electron chi connectivity index (χ4n) is 2.75. The summed E-state index contributed by atoms with van der Waals surface area (Å²) < 4.78 is 6.55. The molecule has 8 heteroatoms. The van der Waals surface area contributed by atoms with Crippen molar-refractivity contribution in [2.75, 3.05) is 14.2 Å². The van der Waals surface area contributed by atoms with Gasteiger partial charge in [-0.15, -0.1) is 0 Å². The second kappa shape index (κ2) is 7.98. The van der Waals surface area contributed by atoms with Crippen molar-refractivity contribution in [3.8, 4) is 5.75 Å². The fraction of sp³-hybridized carbons (Fsp3) is 0.211. The molecule has 0 saturated carbocycles. The lowest BCUT2D eigenvalue weighted by Gasteiger charge is -2.19. The maximum absolute atomic E-state index is 12.7. The standard InChI is InChI=1S/C19H17Cl2N3O3/c1-23(9-12-5-3-4-6-16(12)27-2)17(25)10-24-11-22-18-14(19(24)26)7-13(20)8-15(18)21/h3-8,11H,9-10H2,1-2H3. The van der Waals surface area contributed by atoms with Gasteiger partial charge in [-0.3, -0.25) is 14.2 Å². The molecule has 0 fully saturated rings. The van der Waals surface area contributed by atoms with Crippen molar-refractivity contribution >= 4 is 40.0 Å². The van der Waals surface area contributed by atoms with Gasteiger partial charge in [-0.25, -0.2) is 4.98 Å². The highest BCUT2D eigenvalue weighted by atomic mass is 35.5. The Labute approximate surface area is 165 Å². The number of hydrogen-bond acceptors (Lipinski definition) is 4. The third-order valence-corrected chi connectivity index (χ3v) is 4.68. The summed E-state index contributed by atoms with van der Waals surface area (Å²) in [6.45, 7) is 0.216. The molecule has 0 saturated heterocycles. The summed E-state index contributed by atoms with van der Waals surface area (Å²) in [7, 11) is 3.25. The lowest BCUT2D eigenvalue weighted by atomic mass is 10.2. The molecule has 1 aromatic heterocycles. The Hall–Kier alpha value is -2.57. The molecule has 2 aromatic carbocycles. The van der Waals surface area contributed by atoms with Gasteiger partial charge in [0.25, 0.3) is 5.56 Å². The molecule has 6 nitrogen and oxygen atoms in total. The quantitative estimate of drug-likeness (QED) is 0.652. The van der Waals surface area contributed by atoms with E-state index in [9.17, 15) is 9.59 Å². The topological polar surface area (TPSA) is 64.4 Å². The van der Waals surface area contributed by atoms with Gasteiger partial charge < -0.3 is 9.64 Å². The second-order valence-corrected chi connectivity index (χ2v) is 6.87. The van der Waals surface area contributed by atoms with Crippen LogP contribution in [0.2, 0.25) is 10.0 Å². The number of likely N-dealkylation sites (N-methyl/N-ethyl adjacent to an activating group) is 1. The highest BCUT2D eigenvalue weighted by Gasteiger charge is 2.15. The summed E-state index contributed by atoms with van der Waals surface area (Å²) in [5, 5.41) is 0.903. The average molecular weight is 406 g/mol. The van der Waals surface area contributed by atoms with Gasteiger partial charge in [0.2, 0.25) is 5.91 Å². The first-order chi connectivity index (χ1) is 12.9. The molecular weight excluding hydrogens is 389 g/mol. The number of ether oxygens (including phenoxy) is 1. The summed E-state index contributed by atoms with van der Waals surface area (Å²) in [6, 6.07) is 10.5. The van der Waals surface area contributed by atoms with Crippen LogP contribution in [0.5, 0.6) is 5.75 Å². The van der Waals surface area contributed by atoms with Crippen LogP contribution in [-0.4, -0.2) is 34.5 Å². The predicted molar refractivity (Wildman–Crippen MR) is 105 cm³/mol. The second-order valence-electron chi connectivity index (χ2n) is 6.02. The van der Waals surface area contributed by atoms with E-state index in [1.807, 2.05) is 24.3 Å². The zero-order chi connectivity index (χ0) is 19.6. The Balaban J connectivity index is 1.83. The molecule has 140 valence electrons. The zero-order valence-electron chi connectivity index (χ0n) is 14.8. The van der Waals surface area contributed by atoms with Gasteiger partial charge in [-0.05, 0) is 18.2 Å². The molecule has 0 spiro atoms. The van der Waals surface area contributed by atoms with Crippen LogP contribution in [0, 0.1) is 0 Å². The van der Waals surface area contributed by atoms with Gasteiger partial charge in [-0.2, -0.15) is 0 Å². The summed E-state index contributed by atoms with van der Waals surface area (Å²) >= 11 is 12.1. The van der Waals surface area contributed by atoms with E-state index in [-0.39, 0.29) is 23.4 Å². The van der Waals surface area contributed by atoms with Crippen molar-refractivity contribution in [3.63, 3.8) is 0 Å². The normalized spacial score (nSPS) is 10.8. The van der Waals surface area contributed by atoms with E-state index in [2.05, 4.69) is 4.98 Å². The summed E-state index contributed by atoms with van der Waals surface area (Å²) in [5.74, 6) is 0.461. The Morgan fingerprint density at radius 2 is 2.00 bits per heavy atom.